The minimum absolute atomic E-state index is 0.0153. The number of nitrogens with zero attached hydrogens (tertiary/aromatic N) is 2. The maximum Gasteiger partial charge on any atom is 0.303 e. The molecule has 3 fully saturated rings. The van der Waals surface area contributed by atoms with Crippen molar-refractivity contribution in [3.05, 3.63) is 65.8 Å². The second kappa shape index (κ2) is 17.4. The molecule has 4 rings (SSSR count). The van der Waals surface area contributed by atoms with Crippen molar-refractivity contribution in [1.82, 2.24) is 14.5 Å². The van der Waals surface area contributed by atoms with E-state index in [1.807, 2.05) is 19.9 Å². The Labute approximate surface area is 303 Å². The van der Waals surface area contributed by atoms with E-state index in [-0.39, 0.29) is 65.1 Å². The molecule has 3 aliphatic rings. The molecule has 1 N–H and O–H groups in total. The van der Waals surface area contributed by atoms with Crippen LogP contribution < -0.4 is 5.32 Å². The van der Waals surface area contributed by atoms with Crippen LogP contribution in [0.1, 0.15) is 72.3 Å². The lowest BCUT2D eigenvalue weighted by atomic mass is 9.88. The predicted molar refractivity (Wildman–Crippen MR) is 193 cm³/mol. The minimum atomic E-state index is -3.52. The van der Waals surface area contributed by atoms with E-state index in [2.05, 4.69) is 24.4 Å². The number of nitrogens with one attached hydrogen (secondary N) is 1. The summed E-state index contributed by atoms with van der Waals surface area (Å²) in [6.07, 6.45) is 11.3. The van der Waals surface area contributed by atoms with Gasteiger partial charge in [0, 0.05) is 53.5 Å². The zero-order chi connectivity index (χ0) is 37.5. The van der Waals surface area contributed by atoms with Crippen LogP contribution in [0.25, 0.3) is 0 Å². The van der Waals surface area contributed by atoms with E-state index in [9.17, 15) is 22.8 Å². The zero-order valence-corrected chi connectivity index (χ0v) is 32.0. The van der Waals surface area contributed by atoms with E-state index in [0.717, 1.165) is 30.4 Å². The van der Waals surface area contributed by atoms with Gasteiger partial charge in [-0.1, -0.05) is 42.9 Å². The van der Waals surface area contributed by atoms with Gasteiger partial charge >= 0.3 is 5.97 Å². The Morgan fingerprint density at radius 1 is 1.06 bits per heavy atom. The number of ether oxygens (including phenoxy) is 4. The SMILES string of the molecule is CC(=O)OC(C)/C=C\C(=O)N[C@@H]1C[C@H](C)[C@H](C/C=C(C)/C=C/[C@@H]2C[C@]3(CO3)C[C@@H](CC(=O)N(C)Cc3ccc(S(=O)(=O)N(C)C)cc3)O2)O[C@@H]1C. The summed E-state index contributed by atoms with van der Waals surface area (Å²) >= 11 is 0. The Morgan fingerprint density at radius 2 is 1.75 bits per heavy atom. The second-order valence-corrected chi connectivity index (χ2v) is 16.6. The molecule has 1 aromatic carbocycles. The Balaban J connectivity index is 1.25. The van der Waals surface area contributed by atoms with Gasteiger partial charge in [-0.2, -0.15) is 0 Å². The predicted octanol–water partition coefficient (Wildman–Crippen LogP) is 4.30. The molecule has 282 valence electrons. The number of allylic oxidation sites excluding steroid dienone is 2. The molecule has 3 heterocycles. The van der Waals surface area contributed by atoms with Gasteiger partial charge in [0.1, 0.15) is 6.10 Å². The first-order valence-electron chi connectivity index (χ1n) is 17.7. The number of sulfonamides is 1. The lowest BCUT2D eigenvalue weighted by molar-refractivity contribution is -0.143. The highest BCUT2D eigenvalue weighted by Crippen LogP contribution is 2.43. The van der Waals surface area contributed by atoms with Crippen molar-refractivity contribution in [2.45, 2.75) is 120 Å². The van der Waals surface area contributed by atoms with Crippen molar-refractivity contribution in [3.8, 4) is 0 Å². The molecule has 0 radical (unpaired) electrons. The van der Waals surface area contributed by atoms with E-state index in [1.54, 1.807) is 49.2 Å². The van der Waals surface area contributed by atoms with Crippen molar-refractivity contribution < 1.29 is 41.7 Å². The highest BCUT2D eigenvalue weighted by molar-refractivity contribution is 7.89. The Kier molecular flexibility index (Phi) is 13.8. The van der Waals surface area contributed by atoms with Crippen molar-refractivity contribution in [1.29, 1.82) is 0 Å². The highest BCUT2D eigenvalue weighted by atomic mass is 32.2. The summed E-state index contributed by atoms with van der Waals surface area (Å²) in [4.78, 5) is 38.6. The molecular formula is C38H55N3O9S. The number of amides is 2. The number of epoxide rings is 1. The lowest BCUT2D eigenvalue weighted by Gasteiger charge is -2.39. The van der Waals surface area contributed by atoms with Gasteiger partial charge in [-0.15, -0.1) is 0 Å². The molecule has 0 bridgehead atoms. The van der Waals surface area contributed by atoms with Crippen molar-refractivity contribution in [3.63, 3.8) is 0 Å². The molecule has 8 atom stereocenters. The van der Waals surface area contributed by atoms with Gasteiger partial charge in [0.2, 0.25) is 21.8 Å². The lowest BCUT2D eigenvalue weighted by Crippen LogP contribution is -2.50. The zero-order valence-electron chi connectivity index (χ0n) is 31.2. The van der Waals surface area contributed by atoms with Gasteiger partial charge in [-0.05, 0) is 63.3 Å². The Bertz CT molecular complexity index is 1580. The number of esters is 1. The first kappa shape index (κ1) is 40.4. The molecule has 0 aliphatic carbocycles. The smallest absolute Gasteiger partial charge is 0.303 e. The van der Waals surface area contributed by atoms with Crippen LogP contribution >= 0.6 is 0 Å². The summed E-state index contributed by atoms with van der Waals surface area (Å²) in [6.45, 7) is 10.2. The van der Waals surface area contributed by atoms with Gasteiger partial charge in [0.25, 0.3) is 0 Å². The molecule has 1 unspecified atom stereocenters. The molecular weight excluding hydrogens is 674 g/mol. The second-order valence-electron chi connectivity index (χ2n) is 14.5. The normalized spacial score (nSPS) is 29.0. The molecule has 51 heavy (non-hydrogen) atoms. The van der Waals surface area contributed by atoms with Gasteiger partial charge < -0.3 is 29.2 Å². The van der Waals surface area contributed by atoms with E-state index in [4.69, 9.17) is 18.9 Å². The van der Waals surface area contributed by atoms with Gasteiger partial charge in [-0.25, -0.2) is 12.7 Å². The number of benzene rings is 1. The topological polar surface area (TPSA) is 144 Å². The van der Waals surface area contributed by atoms with E-state index >= 15 is 0 Å². The fourth-order valence-electron chi connectivity index (χ4n) is 6.57. The molecule has 0 aromatic heterocycles. The van der Waals surface area contributed by atoms with Crippen LogP contribution in [-0.2, 0) is 49.9 Å². The van der Waals surface area contributed by atoms with Crippen LogP contribution in [0, 0.1) is 5.92 Å². The van der Waals surface area contributed by atoms with Crippen LogP contribution in [0.5, 0.6) is 0 Å². The quantitative estimate of drug-likeness (QED) is 0.128. The molecule has 13 heteroatoms. The third-order valence-corrected chi connectivity index (χ3v) is 11.5. The monoisotopic (exact) mass is 729 g/mol. The van der Waals surface area contributed by atoms with E-state index in [1.165, 1.54) is 31.4 Å². The van der Waals surface area contributed by atoms with Crippen LogP contribution in [0.3, 0.4) is 0 Å². The largest absolute Gasteiger partial charge is 0.459 e. The van der Waals surface area contributed by atoms with Crippen molar-refractivity contribution in [2.24, 2.45) is 5.92 Å². The van der Waals surface area contributed by atoms with Gasteiger partial charge in [-0.3, -0.25) is 14.4 Å². The van der Waals surface area contributed by atoms with Gasteiger partial charge in [0.15, 0.2) is 0 Å². The summed E-state index contributed by atoms with van der Waals surface area (Å²) in [5.74, 6) is -0.464. The maximum atomic E-state index is 13.2. The fourth-order valence-corrected chi connectivity index (χ4v) is 7.47. The van der Waals surface area contributed by atoms with Crippen LogP contribution in [0.2, 0.25) is 0 Å². The number of hydrogen-bond donors (Lipinski definition) is 1. The van der Waals surface area contributed by atoms with Crippen LogP contribution in [-0.4, -0.2) is 105 Å². The number of carbonyl (C=O) groups is 3. The number of rotatable bonds is 14. The van der Waals surface area contributed by atoms with Crippen LogP contribution in [0.15, 0.2) is 65.1 Å². The van der Waals surface area contributed by atoms with E-state index < -0.39 is 22.1 Å². The summed E-state index contributed by atoms with van der Waals surface area (Å²) < 4.78 is 49.5. The Hall–Kier alpha value is -3.36. The average molecular weight is 730 g/mol. The Morgan fingerprint density at radius 3 is 2.37 bits per heavy atom. The number of hydrogen-bond acceptors (Lipinski definition) is 9. The van der Waals surface area contributed by atoms with Crippen molar-refractivity contribution >= 4 is 27.8 Å². The summed E-state index contributed by atoms with van der Waals surface area (Å²) in [5.41, 5.74) is 1.67. The molecule has 0 saturated carbocycles. The van der Waals surface area contributed by atoms with Crippen LogP contribution in [0.4, 0.5) is 0 Å². The third kappa shape index (κ3) is 11.8. The summed E-state index contributed by atoms with van der Waals surface area (Å²) in [6, 6.07) is 6.47. The molecule has 12 nitrogen and oxygen atoms in total. The minimum Gasteiger partial charge on any atom is -0.459 e. The van der Waals surface area contributed by atoms with Gasteiger partial charge in [0.05, 0.1) is 54.0 Å². The standard InChI is InChI=1S/C38H55N3O9S/c1-25(10-17-35-26(2)19-34(28(4)49-35)39-36(43)18-11-27(3)48-29(5)42)9-14-31-21-38(24-47-38)22-32(50-31)20-37(44)41(8)23-30-12-15-33(16-13-30)51(45,46)40(6)7/h9-16,18,26-28,31-32,34-35H,17,19-24H2,1-8H3,(H,39,43)/b14-9+,18-11-,25-10+/t26-,27?,28+,31+,32+,34+,35-,38+/m0/s1. The fraction of sp³-hybridized carbons (Fsp3) is 0.605. The molecule has 1 spiro atoms. The van der Waals surface area contributed by atoms with Crippen molar-refractivity contribution in [2.75, 3.05) is 27.7 Å². The molecule has 2 amide bonds. The first-order valence-corrected chi connectivity index (χ1v) is 19.1. The first-order chi connectivity index (χ1) is 24.0. The third-order valence-electron chi connectivity index (χ3n) is 9.70. The number of carbonyl (C=O) groups excluding carboxylic acids is 3. The average Bonchev–Trinajstić information content (AvgIpc) is 3.80. The van der Waals surface area contributed by atoms with E-state index in [0.29, 0.717) is 19.6 Å². The highest BCUT2D eigenvalue weighted by Gasteiger charge is 2.51. The summed E-state index contributed by atoms with van der Waals surface area (Å²) in [7, 11) is 1.21. The maximum absolute atomic E-state index is 13.2. The summed E-state index contributed by atoms with van der Waals surface area (Å²) in [5, 5.41) is 3.02. The molecule has 3 aliphatic heterocycles. The molecule has 1 aromatic rings. The molecule has 3 saturated heterocycles.